The predicted octanol–water partition coefficient (Wildman–Crippen LogP) is 7.38. The zero-order chi connectivity index (χ0) is 22.0. The third-order valence-electron chi connectivity index (χ3n) is 4.75. The third-order valence-corrected chi connectivity index (χ3v) is 5.80. The van der Waals surface area contributed by atoms with E-state index in [1.165, 1.54) is 0 Å². The normalized spacial score (nSPS) is 16.4. The smallest absolute Gasteiger partial charge is 0.339 e. The van der Waals surface area contributed by atoms with E-state index in [1.807, 2.05) is 12.1 Å². The Labute approximate surface area is 199 Å². The second kappa shape index (κ2) is 9.37. The highest BCUT2D eigenvalue weighted by Crippen LogP contribution is 2.37. The van der Waals surface area contributed by atoms with Gasteiger partial charge in [-0.15, -0.1) is 0 Å². The summed E-state index contributed by atoms with van der Waals surface area (Å²) in [5.41, 5.74) is 6.34. The molecule has 0 spiro atoms. The standard InChI is InChI=1S/C22H16Cl4N4O/c23-12-1-5-15(6-2-12)27-22(31)30-29-21-11-20(16-7-3-14(25)10-18(16)26)28-19-8-4-13(24)9-17(19)21/h1-10,20,28H,11H2,(H2,27,30,31). The molecule has 0 fully saturated rings. The molecule has 1 heterocycles. The summed E-state index contributed by atoms with van der Waals surface area (Å²) in [6.45, 7) is 0. The molecule has 0 saturated carbocycles. The van der Waals surface area contributed by atoms with Gasteiger partial charge in [-0.3, -0.25) is 0 Å². The highest BCUT2D eigenvalue weighted by molar-refractivity contribution is 6.35. The van der Waals surface area contributed by atoms with Crippen LogP contribution in [-0.4, -0.2) is 11.7 Å². The molecule has 0 aromatic heterocycles. The molecule has 31 heavy (non-hydrogen) atoms. The number of hydrogen-bond donors (Lipinski definition) is 3. The summed E-state index contributed by atoms with van der Waals surface area (Å²) >= 11 is 24.5. The van der Waals surface area contributed by atoms with E-state index in [4.69, 9.17) is 46.4 Å². The monoisotopic (exact) mass is 492 g/mol. The Morgan fingerprint density at radius 1 is 0.903 bits per heavy atom. The van der Waals surface area contributed by atoms with Crippen LogP contribution < -0.4 is 16.1 Å². The molecule has 3 N–H and O–H groups in total. The van der Waals surface area contributed by atoms with Crippen molar-refractivity contribution in [3.63, 3.8) is 0 Å². The zero-order valence-corrected chi connectivity index (χ0v) is 18.9. The van der Waals surface area contributed by atoms with Crippen LogP contribution in [-0.2, 0) is 0 Å². The van der Waals surface area contributed by atoms with Gasteiger partial charge in [0.05, 0.1) is 11.8 Å². The van der Waals surface area contributed by atoms with Crippen molar-refractivity contribution in [2.75, 3.05) is 10.6 Å². The first-order chi connectivity index (χ1) is 14.9. The fraction of sp³-hybridized carbons (Fsp3) is 0.0909. The van der Waals surface area contributed by atoms with Crippen molar-refractivity contribution >= 4 is 69.5 Å². The largest absolute Gasteiger partial charge is 0.377 e. The lowest BCUT2D eigenvalue weighted by atomic mass is 9.92. The third kappa shape index (κ3) is 5.25. The minimum Gasteiger partial charge on any atom is -0.377 e. The molecule has 0 radical (unpaired) electrons. The lowest BCUT2D eigenvalue weighted by Crippen LogP contribution is -2.29. The molecular formula is C22H16Cl4N4O. The zero-order valence-electron chi connectivity index (χ0n) is 15.9. The number of anilines is 2. The number of rotatable bonds is 3. The number of halogens is 4. The van der Waals surface area contributed by atoms with Gasteiger partial charge in [-0.05, 0) is 60.2 Å². The van der Waals surface area contributed by atoms with Crippen LogP contribution in [0.25, 0.3) is 0 Å². The van der Waals surface area contributed by atoms with Crippen LogP contribution in [0.2, 0.25) is 20.1 Å². The number of amides is 2. The molecule has 3 aromatic rings. The van der Waals surface area contributed by atoms with Crippen molar-refractivity contribution in [3.05, 3.63) is 91.9 Å². The highest BCUT2D eigenvalue weighted by atomic mass is 35.5. The van der Waals surface area contributed by atoms with Crippen LogP contribution in [0.1, 0.15) is 23.6 Å². The van der Waals surface area contributed by atoms with E-state index >= 15 is 0 Å². The lowest BCUT2D eigenvalue weighted by Gasteiger charge is -2.29. The van der Waals surface area contributed by atoms with E-state index in [0.29, 0.717) is 37.9 Å². The maximum absolute atomic E-state index is 12.3. The number of hydrazone groups is 1. The molecule has 4 rings (SSSR count). The molecular weight excluding hydrogens is 478 g/mol. The molecule has 3 aromatic carbocycles. The number of urea groups is 1. The van der Waals surface area contributed by atoms with Crippen LogP contribution in [0.4, 0.5) is 16.2 Å². The number of nitrogens with zero attached hydrogens (tertiary/aromatic N) is 1. The Hall–Kier alpha value is -2.44. The van der Waals surface area contributed by atoms with Crippen molar-refractivity contribution in [2.24, 2.45) is 5.10 Å². The van der Waals surface area contributed by atoms with E-state index in [2.05, 4.69) is 21.2 Å². The summed E-state index contributed by atoms with van der Waals surface area (Å²) in [6, 6.07) is 17.0. The van der Waals surface area contributed by atoms with Crippen LogP contribution >= 0.6 is 46.4 Å². The van der Waals surface area contributed by atoms with Gasteiger partial charge < -0.3 is 10.6 Å². The van der Waals surface area contributed by atoms with Crippen molar-refractivity contribution in [1.29, 1.82) is 0 Å². The highest BCUT2D eigenvalue weighted by Gasteiger charge is 2.26. The SMILES string of the molecule is O=C(NN=C1CC(c2ccc(Cl)cc2Cl)Nc2ccc(Cl)cc21)Nc1ccc(Cl)cc1. The molecule has 2 amide bonds. The summed E-state index contributed by atoms with van der Waals surface area (Å²) < 4.78 is 0. The van der Waals surface area contributed by atoms with Gasteiger partial charge in [-0.25, -0.2) is 10.2 Å². The Morgan fingerprint density at radius 2 is 1.58 bits per heavy atom. The van der Waals surface area contributed by atoms with Gasteiger partial charge in [0.1, 0.15) is 0 Å². The van der Waals surface area contributed by atoms with E-state index in [-0.39, 0.29) is 6.04 Å². The minimum atomic E-state index is -0.474. The van der Waals surface area contributed by atoms with Gasteiger partial charge in [-0.1, -0.05) is 52.5 Å². The molecule has 1 aliphatic heterocycles. The molecule has 0 aliphatic carbocycles. The van der Waals surface area contributed by atoms with E-state index < -0.39 is 6.03 Å². The lowest BCUT2D eigenvalue weighted by molar-refractivity contribution is 0.252. The average molecular weight is 494 g/mol. The first-order valence-corrected chi connectivity index (χ1v) is 10.8. The average Bonchev–Trinajstić information content (AvgIpc) is 2.74. The van der Waals surface area contributed by atoms with Gasteiger partial charge in [0.2, 0.25) is 0 Å². The predicted molar refractivity (Wildman–Crippen MR) is 129 cm³/mol. The van der Waals surface area contributed by atoms with Crippen LogP contribution in [0.5, 0.6) is 0 Å². The number of nitrogens with one attached hydrogen (secondary N) is 3. The Bertz CT molecular complexity index is 1160. The minimum absolute atomic E-state index is 0.154. The number of carbonyl (C=O) groups excluding carboxylic acids is 1. The Balaban J connectivity index is 1.59. The molecule has 158 valence electrons. The van der Waals surface area contributed by atoms with Crippen molar-refractivity contribution in [3.8, 4) is 0 Å². The number of benzene rings is 3. The molecule has 1 atom stereocenters. The van der Waals surface area contributed by atoms with Gasteiger partial charge in [0.25, 0.3) is 0 Å². The van der Waals surface area contributed by atoms with Gasteiger partial charge >= 0.3 is 6.03 Å². The molecule has 0 bridgehead atoms. The second-order valence-electron chi connectivity index (χ2n) is 6.89. The van der Waals surface area contributed by atoms with Gasteiger partial charge in [0, 0.05) is 43.4 Å². The fourth-order valence-electron chi connectivity index (χ4n) is 3.31. The Kier molecular flexibility index (Phi) is 6.58. The van der Waals surface area contributed by atoms with Crippen LogP contribution in [0.15, 0.2) is 65.8 Å². The maximum atomic E-state index is 12.3. The molecule has 9 heteroatoms. The topological polar surface area (TPSA) is 65.5 Å². The van der Waals surface area contributed by atoms with Crippen LogP contribution in [0.3, 0.4) is 0 Å². The first-order valence-electron chi connectivity index (χ1n) is 9.29. The second-order valence-corrected chi connectivity index (χ2v) is 8.60. The van der Waals surface area contributed by atoms with E-state index in [9.17, 15) is 4.79 Å². The van der Waals surface area contributed by atoms with Crippen molar-refractivity contribution in [2.45, 2.75) is 12.5 Å². The molecule has 0 saturated heterocycles. The van der Waals surface area contributed by atoms with Gasteiger partial charge in [-0.2, -0.15) is 5.10 Å². The fourth-order valence-corrected chi connectivity index (χ4v) is 4.15. The quantitative estimate of drug-likeness (QED) is 0.333. The van der Waals surface area contributed by atoms with Gasteiger partial charge in [0.15, 0.2) is 0 Å². The summed E-state index contributed by atoms with van der Waals surface area (Å²) in [7, 11) is 0. The number of carbonyl (C=O) groups is 1. The first kappa shape index (κ1) is 21.8. The number of fused-ring (bicyclic) bond motifs is 1. The van der Waals surface area contributed by atoms with Crippen molar-refractivity contribution in [1.82, 2.24) is 5.43 Å². The summed E-state index contributed by atoms with van der Waals surface area (Å²) in [6.07, 6.45) is 0.482. The molecule has 1 unspecified atom stereocenters. The molecule has 5 nitrogen and oxygen atoms in total. The van der Waals surface area contributed by atoms with Crippen molar-refractivity contribution < 1.29 is 4.79 Å². The summed E-state index contributed by atoms with van der Waals surface area (Å²) in [5, 5.41) is 12.8. The molecule has 1 aliphatic rings. The van der Waals surface area contributed by atoms with E-state index in [1.54, 1.807) is 48.5 Å². The Morgan fingerprint density at radius 3 is 2.32 bits per heavy atom. The summed E-state index contributed by atoms with van der Waals surface area (Å²) in [4.78, 5) is 12.3. The number of hydrogen-bond acceptors (Lipinski definition) is 3. The van der Waals surface area contributed by atoms with Crippen LogP contribution in [0, 0.1) is 0 Å². The maximum Gasteiger partial charge on any atom is 0.339 e. The van der Waals surface area contributed by atoms with E-state index in [0.717, 1.165) is 16.8 Å². The summed E-state index contributed by atoms with van der Waals surface area (Å²) in [5.74, 6) is 0.